The van der Waals surface area contributed by atoms with Gasteiger partial charge in [0.05, 0.1) is 21.7 Å². The molecule has 0 radical (unpaired) electrons. The predicted molar refractivity (Wildman–Crippen MR) is 108 cm³/mol. The second-order valence-corrected chi connectivity index (χ2v) is 7.60. The highest BCUT2D eigenvalue weighted by Crippen LogP contribution is 2.53. The lowest BCUT2D eigenvalue weighted by molar-refractivity contribution is -0.384. The van der Waals surface area contributed by atoms with Crippen molar-refractivity contribution in [3.8, 4) is 0 Å². The third kappa shape index (κ3) is 2.52. The van der Waals surface area contributed by atoms with E-state index in [-0.39, 0.29) is 22.6 Å². The Labute approximate surface area is 161 Å². The first-order valence-corrected chi connectivity index (χ1v) is 9.40. The highest BCUT2D eigenvalue weighted by atomic mass is 35.5. The van der Waals surface area contributed by atoms with Crippen LogP contribution in [0.4, 0.5) is 11.4 Å². The minimum Gasteiger partial charge on any atom is -0.376 e. The van der Waals surface area contributed by atoms with E-state index in [0.717, 1.165) is 17.7 Å². The van der Waals surface area contributed by atoms with E-state index in [2.05, 4.69) is 53.9 Å². The Hall–Kier alpha value is -2.85. The maximum Gasteiger partial charge on any atom is 0.271 e. The molecule has 0 unspecified atom stereocenters. The number of hydrogen-bond donors (Lipinski definition) is 1. The van der Waals surface area contributed by atoms with E-state index >= 15 is 0 Å². The number of non-ortho nitro benzene ring substituents is 1. The molecule has 0 bridgehead atoms. The molecule has 134 valence electrons. The van der Waals surface area contributed by atoms with Crippen LogP contribution in [0.1, 0.15) is 29.5 Å². The van der Waals surface area contributed by atoms with Crippen LogP contribution >= 0.6 is 11.6 Å². The molecule has 1 N–H and O–H groups in total. The predicted octanol–water partition coefficient (Wildman–Crippen LogP) is 6.23. The molecule has 1 heterocycles. The van der Waals surface area contributed by atoms with Crippen molar-refractivity contribution in [2.45, 2.75) is 18.4 Å². The maximum absolute atomic E-state index is 11.3. The molecule has 1 aliphatic heterocycles. The first kappa shape index (κ1) is 16.3. The number of benzene rings is 3. The highest BCUT2D eigenvalue weighted by Gasteiger charge is 2.40. The fourth-order valence-corrected chi connectivity index (χ4v) is 4.85. The second-order valence-electron chi connectivity index (χ2n) is 7.19. The monoisotopic (exact) mass is 376 g/mol. The van der Waals surface area contributed by atoms with Gasteiger partial charge in [0.1, 0.15) is 0 Å². The van der Waals surface area contributed by atoms with Crippen molar-refractivity contribution in [1.82, 2.24) is 0 Å². The molecule has 3 aromatic carbocycles. The average molecular weight is 377 g/mol. The fraction of sp³-hybridized carbons (Fsp3) is 0.182. The van der Waals surface area contributed by atoms with Crippen LogP contribution in [0.3, 0.4) is 0 Å². The van der Waals surface area contributed by atoms with Gasteiger partial charge in [0.25, 0.3) is 5.69 Å². The molecule has 0 saturated carbocycles. The van der Waals surface area contributed by atoms with Crippen LogP contribution in [-0.2, 0) is 0 Å². The van der Waals surface area contributed by atoms with E-state index in [9.17, 15) is 10.1 Å². The van der Waals surface area contributed by atoms with Gasteiger partial charge in [0.15, 0.2) is 0 Å². The lowest BCUT2D eigenvalue weighted by atomic mass is 9.76. The molecule has 0 spiro atoms. The molecule has 1 aliphatic carbocycles. The van der Waals surface area contributed by atoms with Crippen molar-refractivity contribution < 1.29 is 4.92 Å². The van der Waals surface area contributed by atoms with E-state index in [4.69, 9.17) is 11.6 Å². The third-order valence-electron chi connectivity index (χ3n) is 5.77. The van der Waals surface area contributed by atoms with Crippen LogP contribution in [-0.4, -0.2) is 4.92 Å². The Morgan fingerprint density at radius 1 is 1.07 bits per heavy atom. The van der Waals surface area contributed by atoms with Gasteiger partial charge >= 0.3 is 0 Å². The molecular weight excluding hydrogens is 360 g/mol. The number of allylic oxidation sites excluding steroid dienone is 2. The maximum atomic E-state index is 11.3. The van der Waals surface area contributed by atoms with E-state index in [1.165, 1.54) is 22.4 Å². The van der Waals surface area contributed by atoms with Crippen LogP contribution < -0.4 is 5.32 Å². The molecule has 4 nitrogen and oxygen atoms in total. The van der Waals surface area contributed by atoms with Crippen molar-refractivity contribution in [2.75, 3.05) is 5.32 Å². The van der Waals surface area contributed by atoms with Gasteiger partial charge in [-0.1, -0.05) is 66.2 Å². The van der Waals surface area contributed by atoms with Crippen molar-refractivity contribution in [1.29, 1.82) is 0 Å². The number of hydrogen-bond acceptors (Lipinski definition) is 3. The first-order chi connectivity index (χ1) is 13.1. The van der Waals surface area contributed by atoms with Gasteiger partial charge in [-0.25, -0.2) is 0 Å². The molecule has 5 heteroatoms. The Bertz CT molecular complexity index is 1100. The van der Waals surface area contributed by atoms with Gasteiger partial charge in [-0.2, -0.15) is 0 Å². The van der Waals surface area contributed by atoms with Crippen LogP contribution in [0.25, 0.3) is 10.8 Å². The number of anilines is 1. The van der Waals surface area contributed by atoms with Crippen LogP contribution in [0.5, 0.6) is 0 Å². The quantitative estimate of drug-likeness (QED) is 0.327. The van der Waals surface area contributed by atoms with E-state index in [0.29, 0.717) is 10.9 Å². The summed E-state index contributed by atoms with van der Waals surface area (Å²) in [7, 11) is 0. The molecule has 0 saturated heterocycles. The lowest BCUT2D eigenvalue weighted by Crippen LogP contribution is -2.29. The lowest BCUT2D eigenvalue weighted by Gasteiger charge is -2.38. The zero-order chi connectivity index (χ0) is 18.5. The van der Waals surface area contributed by atoms with Gasteiger partial charge in [0.2, 0.25) is 0 Å². The second kappa shape index (κ2) is 6.10. The highest BCUT2D eigenvalue weighted by molar-refractivity contribution is 6.33. The van der Waals surface area contributed by atoms with Crippen molar-refractivity contribution >= 4 is 33.7 Å². The SMILES string of the molecule is O=[N+]([O-])c1cc(Cl)c2c(c1)[C@@H]1C=CC[C@@H]1[C@H](c1cccc3ccccc13)N2. The van der Waals surface area contributed by atoms with Gasteiger partial charge < -0.3 is 5.32 Å². The summed E-state index contributed by atoms with van der Waals surface area (Å²) in [6.45, 7) is 0. The van der Waals surface area contributed by atoms with Gasteiger partial charge in [-0.15, -0.1) is 0 Å². The molecular formula is C22H17ClN2O2. The summed E-state index contributed by atoms with van der Waals surface area (Å²) in [6, 6.07) is 18.0. The van der Waals surface area contributed by atoms with Gasteiger partial charge in [-0.3, -0.25) is 10.1 Å². The van der Waals surface area contributed by atoms with Gasteiger partial charge in [0, 0.05) is 18.1 Å². The van der Waals surface area contributed by atoms with E-state index in [1.54, 1.807) is 6.07 Å². The molecule has 5 rings (SSSR count). The number of nitrogens with one attached hydrogen (secondary N) is 1. The largest absolute Gasteiger partial charge is 0.376 e. The minimum absolute atomic E-state index is 0.0446. The summed E-state index contributed by atoms with van der Waals surface area (Å²) >= 11 is 6.46. The Kier molecular flexibility index (Phi) is 3.69. The van der Waals surface area contributed by atoms with Crippen molar-refractivity contribution in [3.05, 3.63) is 93.0 Å². The normalized spacial score (nSPS) is 22.9. The zero-order valence-electron chi connectivity index (χ0n) is 14.4. The van der Waals surface area contributed by atoms with Crippen LogP contribution in [0, 0.1) is 16.0 Å². The summed E-state index contributed by atoms with van der Waals surface area (Å²) in [5, 5.41) is 17.7. The number of nitrogens with zero attached hydrogens (tertiary/aromatic N) is 1. The summed E-state index contributed by atoms with van der Waals surface area (Å²) in [5.41, 5.74) is 3.02. The topological polar surface area (TPSA) is 55.2 Å². The average Bonchev–Trinajstić information content (AvgIpc) is 3.17. The van der Waals surface area contributed by atoms with E-state index < -0.39 is 0 Å². The molecule has 3 atom stereocenters. The summed E-state index contributed by atoms with van der Waals surface area (Å²) < 4.78 is 0. The molecule has 0 aromatic heterocycles. The van der Waals surface area contributed by atoms with Crippen LogP contribution in [0.2, 0.25) is 5.02 Å². The van der Waals surface area contributed by atoms with Crippen molar-refractivity contribution in [2.24, 2.45) is 5.92 Å². The first-order valence-electron chi connectivity index (χ1n) is 9.02. The smallest absolute Gasteiger partial charge is 0.271 e. The number of fused-ring (bicyclic) bond motifs is 4. The number of nitro benzene ring substituents is 1. The van der Waals surface area contributed by atoms with Crippen molar-refractivity contribution in [3.63, 3.8) is 0 Å². The summed E-state index contributed by atoms with van der Waals surface area (Å²) in [4.78, 5) is 10.9. The van der Waals surface area contributed by atoms with E-state index in [1.807, 2.05) is 6.07 Å². The minimum atomic E-state index is -0.378. The molecule has 3 aromatic rings. The fourth-order valence-electron chi connectivity index (χ4n) is 4.58. The summed E-state index contributed by atoms with van der Waals surface area (Å²) in [5.74, 6) is 0.434. The molecule has 2 aliphatic rings. The Morgan fingerprint density at radius 3 is 2.74 bits per heavy atom. The number of nitro groups is 1. The summed E-state index contributed by atoms with van der Waals surface area (Å²) in [6.07, 6.45) is 5.28. The third-order valence-corrected chi connectivity index (χ3v) is 6.07. The number of rotatable bonds is 2. The standard InChI is InChI=1S/C22H17ClN2O2/c23-20-12-14(25(26)27)11-19-16-8-4-10-18(16)21(24-22(19)20)17-9-3-6-13-5-1-2-7-15(13)17/h1-9,11-12,16,18,21,24H,10H2/t16-,18+,21+/m1/s1. The van der Waals surface area contributed by atoms with Gasteiger partial charge in [-0.05, 0) is 34.2 Å². The molecule has 0 fully saturated rings. The van der Waals surface area contributed by atoms with Crippen LogP contribution in [0.15, 0.2) is 66.7 Å². The molecule has 27 heavy (non-hydrogen) atoms. The molecule has 0 amide bonds. The number of halogens is 1. The Balaban J connectivity index is 1.68. The zero-order valence-corrected chi connectivity index (χ0v) is 15.2. The Morgan fingerprint density at radius 2 is 1.89 bits per heavy atom.